The summed E-state index contributed by atoms with van der Waals surface area (Å²) in [5.41, 5.74) is 5.98. The van der Waals surface area contributed by atoms with Crippen LogP contribution in [0.1, 0.15) is 48.3 Å². The monoisotopic (exact) mass is 433 g/mol. The zero-order chi connectivity index (χ0) is 22.5. The van der Waals surface area contributed by atoms with Crippen molar-refractivity contribution >= 4 is 0 Å². The maximum atomic E-state index is 12.6. The molecule has 7 nitrogen and oxygen atoms in total. The summed E-state index contributed by atoms with van der Waals surface area (Å²) in [7, 11) is 0. The summed E-state index contributed by atoms with van der Waals surface area (Å²) in [6, 6.07) is 10.2. The molecule has 0 radical (unpaired) electrons. The Morgan fingerprint density at radius 1 is 1.25 bits per heavy atom. The smallest absolute Gasteiger partial charge is 0.270 e. The molecule has 7 heteroatoms. The van der Waals surface area contributed by atoms with Crippen LogP contribution < -0.4 is 10.9 Å². The van der Waals surface area contributed by atoms with E-state index in [1.165, 1.54) is 11.3 Å². The van der Waals surface area contributed by atoms with Gasteiger partial charge in [0.15, 0.2) is 0 Å². The Morgan fingerprint density at radius 2 is 2.06 bits per heavy atom. The third-order valence-electron chi connectivity index (χ3n) is 5.91. The zero-order valence-corrected chi connectivity index (χ0v) is 18.7. The van der Waals surface area contributed by atoms with E-state index in [2.05, 4.69) is 40.6 Å². The Hall–Kier alpha value is -3.32. The zero-order valence-electron chi connectivity index (χ0n) is 18.7. The van der Waals surface area contributed by atoms with Crippen LogP contribution in [0.4, 0.5) is 0 Å². The standard InChI is InChI=1S/C25H31N5O2/c1-3-7-24-19(17-27-29(24)21-8-5-4-6-9-21)16-26-20-10-12-22(13-11-20)30-25(32)23(14-15-31)18(2)28-30/h4-6,8-12,17,22,26,28,31H,3,7,13-16H2,1-2H3. The molecule has 0 bridgehead atoms. The number of aromatic amines is 1. The molecule has 1 aliphatic rings. The van der Waals surface area contributed by atoms with Gasteiger partial charge in [0.1, 0.15) is 0 Å². The molecule has 2 heterocycles. The highest BCUT2D eigenvalue weighted by Gasteiger charge is 2.18. The first-order chi connectivity index (χ1) is 15.6. The van der Waals surface area contributed by atoms with Crippen LogP contribution in [-0.4, -0.2) is 31.3 Å². The first kappa shape index (κ1) is 21.9. The SMILES string of the molecule is CCCc1c(CNC2=CCC(n3[nH]c(C)c(CCO)c3=O)C=C2)cnn1-c1ccccc1. The molecule has 0 fully saturated rings. The second-order valence-electron chi connectivity index (χ2n) is 8.15. The number of aryl methyl sites for hydroxylation is 1. The van der Waals surface area contributed by atoms with Crippen LogP contribution in [0.5, 0.6) is 0 Å². The van der Waals surface area contributed by atoms with Gasteiger partial charge in [-0.2, -0.15) is 5.10 Å². The van der Waals surface area contributed by atoms with E-state index in [0.29, 0.717) is 18.5 Å². The van der Waals surface area contributed by atoms with Gasteiger partial charge in [-0.15, -0.1) is 0 Å². The Balaban J connectivity index is 1.44. The summed E-state index contributed by atoms with van der Waals surface area (Å²) >= 11 is 0. The van der Waals surface area contributed by atoms with Crippen molar-refractivity contribution in [3.63, 3.8) is 0 Å². The van der Waals surface area contributed by atoms with Gasteiger partial charge in [0.05, 0.1) is 17.9 Å². The largest absolute Gasteiger partial charge is 0.396 e. The molecule has 0 aliphatic heterocycles. The van der Waals surface area contributed by atoms with Crippen molar-refractivity contribution in [1.82, 2.24) is 24.9 Å². The van der Waals surface area contributed by atoms with Crippen LogP contribution in [0.25, 0.3) is 5.69 Å². The lowest BCUT2D eigenvalue weighted by molar-refractivity contribution is 0.299. The predicted molar refractivity (Wildman–Crippen MR) is 126 cm³/mol. The van der Waals surface area contributed by atoms with Crippen LogP contribution in [0.2, 0.25) is 0 Å². The maximum absolute atomic E-state index is 12.6. The van der Waals surface area contributed by atoms with E-state index in [0.717, 1.165) is 36.3 Å². The average Bonchev–Trinajstić information content (AvgIpc) is 3.35. The second kappa shape index (κ2) is 9.87. The number of nitrogens with one attached hydrogen (secondary N) is 2. The number of benzene rings is 1. The molecule has 1 atom stereocenters. The maximum Gasteiger partial charge on any atom is 0.270 e. The Labute approximate surface area is 188 Å². The van der Waals surface area contributed by atoms with Crippen LogP contribution >= 0.6 is 0 Å². The molecule has 1 aliphatic carbocycles. The summed E-state index contributed by atoms with van der Waals surface area (Å²) in [5, 5.41) is 20.5. The highest BCUT2D eigenvalue weighted by molar-refractivity contribution is 5.35. The summed E-state index contributed by atoms with van der Waals surface area (Å²) in [5.74, 6) is 0. The highest BCUT2D eigenvalue weighted by Crippen LogP contribution is 2.21. The lowest BCUT2D eigenvalue weighted by Gasteiger charge is -2.18. The fraction of sp³-hybridized carbons (Fsp3) is 0.360. The molecule has 168 valence electrons. The number of para-hydroxylation sites is 1. The number of rotatable bonds is 9. The molecule has 0 saturated carbocycles. The molecule has 2 aromatic heterocycles. The van der Waals surface area contributed by atoms with Gasteiger partial charge < -0.3 is 10.4 Å². The van der Waals surface area contributed by atoms with Gasteiger partial charge in [0.2, 0.25) is 0 Å². The molecule has 0 amide bonds. The Bertz CT molecular complexity index is 1170. The number of hydrogen-bond acceptors (Lipinski definition) is 4. The molecular weight excluding hydrogens is 402 g/mol. The molecule has 1 unspecified atom stereocenters. The van der Waals surface area contributed by atoms with Crippen molar-refractivity contribution in [1.29, 1.82) is 0 Å². The van der Waals surface area contributed by atoms with Crippen molar-refractivity contribution in [3.8, 4) is 5.69 Å². The highest BCUT2D eigenvalue weighted by atomic mass is 16.3. The summed E-state index contributed by atoms with van der Waals surface area (Å²) < 4.78 is 3.69. The van der Waals surface area contributed by atoms with Gasteiger partial charge in [0.25, 0.3) is 5.56 Å². The molecule has 4 rings (SSSR count). The normalized spacial score (nSPS) is 15.7. The lowest BCUT2D eigenvalue weighted by atomic mass is 10.1. The van der Waals surface area contributed by atoms with E-state index in [4.69, 9.17) is 0 Å². The third-order valence-corrected chi connectivity index (χ3v) is 5.91. The number of nitrogens with zero attached hydrogens (tertiary/aromatic N) is 3. The fourth-order valence-electron chi connectivity index (χ4n) is 4.22. The van der Waals surface area contributed by atoms with Crippen LogP contribution in [0, 0.1) is 6.92 Å². The molecule has 0 spiro atoms. The van der Waals surface area contributed by atoms with Crippen LogP contribution in [0.15, 0.2) is 65.2 Å². The first-order valence-electron chi connectivity index (χ1n) is 11.3. The molecule has 3 aromatic rings. The van der Waals surface area contributed by atoms with Crippen molar-refractivity contribution < 1.29 is 5.11 Å². The van der Waals surface area contributed by atoms with Gasteiger partial charge in [-0.25, -0.2) is 9.36 Å². The molecule has 32 heavy (non-hydrogen) atoms. The van der Waals surface area contributed by atoms with Gasteiger partial charge in [0, 0.05) is 47.8 Å². The lowest BCUT2D eigenvalue weighted by Crippen LogP contribution is -2.25. The predicted octanol–water partition coefficient (Wildman–Crippen LogP) is 3.33. The molecule has 0 saturated heterocycles. The van der Waals surface area contributed by atoms with E-state index in [9.17, 15) is 9.90 Å². The minimum Gasteiger partial charge on any atom is -0.396 e. The summed E-state index contributed by atoms with van der Waals surface area (Å²) in [6.45, 7) is 4.73. The molecule has 3 N–H and O–H groups in total. The number of allylic oxidation sites excluding steroid dienone is 3. The first-order valence-corrected chi connectivity index (χ1v) is 11.3. The van der Waals surface area contributed by atoms with Crippen molar-refractivity contribution in [2.75, 3.05) is 6.61 Å². The molecular formula is C25H31N5O2. The minimum absolute atomic E-state index is 0.0245. The number of H-pyrrole nitrogens is 1. The minimum atomic E-state index is -0.0476. The van der Waals surface area contributed by atoms with Crippen molar-refractivity contribution in [2.45, 2.75) is 52.1 Å². The summed E-state index contributed by atoms with van der Waals surface area (Å²) in [6.07, 6.45) is 11.3. The van der Waals surface area contributed by atoms with Crippen molar-refractivity contribution in [2.24, 2.45) is 0 Å². The van der Waals surface area contributed by atoms with E-state index in [1.807, 2.05) is 48.2 Å². The topological polar surface area (TPSA) is 87.9 Å². The Kier molecular flexibility index (Phi) is 6.75. The summed E-state index contributed by atoms with van der Waals surface area (Å²) in [4.78, 5) is 12.6. The van der Waals surface area contributed by atoms with E-state index in [1.54, 1.807) is 4.68 Å². The second-order valence-corrected chi connectivity index (χ2v) is 8.15. The van der Waals surface area contributed by atoms with Gasteiger partial charge in [-0.1, -0.05) is 43.7 Å². The van der Waals surface area contributed by atoms with Gasteiger partial charge >= 0.3 is 0 Å². The third kappa shape index (κ3) is 4.48. The fourth-order valence-corrected chi connectivity index (χ4v) is 4.22. The molecule has 1 aromatic carbocycles. The van der Waals surface area contributed by atoms with E-state index < -0.39 is 0 Å². The van der Waals surface area contributed by atoms with E-state index in [-0.39, 0.29) is 18.2 Å². The van der Waals surface area contributed by atoms with Crippen molar-refractivity contribution in [3.05, 3.63) is 93.3 Å². The van der Waals surface area contributed by atoms with Crippen LogP contribution in [0.3, 0.4) is 0 Å². The quantitative estimate of drug-likeness (QED) is 0.483. The van der Waals surface area contributed by atoms with Gasteiger partial charge in [-0.05, 0) is 38.0 Å². The van der Waals surface area contributed by atoms with Crippen LogP contribution in [-0.2, 0) is 19.4 Å². The van der Waals surface area contributed by atoms with E-state index >= 15 is 0 Å². The number of hydrogen-bond donors (Lipinski definition) is 3. The number of aromatic nitrogens is 4. The number of aliphatic hydroxyl groups is 1. The Morgan fingerprint density at radius 3 is 2.75 bits per heavy atom. The number of aliphatic hydroxyl groups excluding tert-OH is 1. The average molecular weight is 434 g/mol. The van der Waals surface area contributed by atoms with Gasteiger partial charge in [-0.3, -0.25) is 9.89 Å².